The number of alkyl halides is 3. The Hall–Kier alpha value is -2.54. The lowest BCUT2D eigenvalue weighted by Gasteiger charge is -2.15. The van der Waals surface area contributed by atoms with Crippen LogP contribution in [-0.2, 0) is 6.18 Å². The first-order valence-corrected chi connectivity index (χ1v) is 6.64. The Morgan fingerprint density at radius 3 is 2.22 bits per heavy atom. The fourth-order valence-corrected chi connectivity index (χ4v) is 1.75. The number of aromatic nitrogens is 1. The summed E-state index contributed by atoms with van der Waals surface area (Å²) in [6, 6.07) is 11.2. The molecule has 0 atom stereocenters. The number of para-hydroxylation sites is 1. The van der Waals surface area contributed by atoms with Crippen LogP contribution in [0.4, 0.5) is 24.7 Å². The van der Waals surface area contributed by atoms with Crippen molar-refractivity contribution in [3.63, 3.8) is 0 Å². The number of pyridine rings is 1. The monoisotopic (exact) mass is 325 g/mol. The van der Waals surface area contributed by atoms with Gasteiger partial charge in [0.1, 0.15) is 11.5 Å². The van der Waals surface area contributed by atoms with E-state index in [9.17, 15) is 13.2 Å². The first kappa shape index (κ1) is 18.5. The summed E-state index contributed by atoms with van der Waals surface area (Å²) in [5.41, 5.74) is 0.659. The van der Waals surface area contributed by atoms with Crippen molar-refractivity contribution in [2.75, 3.05) is 19.5 Å². The van der Waals surface area contributed by atoms with Gasteiger partial charge in [0.05, 0.1) is 0 Å². The summed E-state index contributed by atoms with van der Waals surface area (Å²) >= 11 is 0. The predicted molar refractivity (Wildman–Crippen MR) is 85.2 cm³/mol. The maximum Gasteiger partial charge on any atom is 0.433 e. The Morgan fingerprint density at radius 1 is 1.09 bits per heavy atom. The van der Waals surface area contributed by atoms with E-state index < -0.39 is 11.9 Å². The highest BCUT2D eigenvalue weighted by Gasteiger charge is 2.33. The fraction of sp³-hybridized carbons (Fsp3) is 0.188. The van der Waals surface area contributed by atoms with E-state index in [4.69, 9.17) is 5.11 Å². The summed E-state index contributed by atoms with van der Waals surface area (Å²) in [4.78, 5) is 3.67. The van der Waals surface area contributed by atoms with Gasteiger partial charge in [-0.05, 0) is 24.3 Å². The van der Waals surface area contributed by atoms with Crippen LogP contribution in [-0.4, -0.2) is 24.2 Å². The minimum absolute atomic E-state index is 0.107. The van der Waals surface area contributed by atoms with E-state index in [-0.39, 0.29) is 5.82 Å². The predicted octanol–water partition coefficient (Wildman–Crippen LogP) is 3.64. The van der Waals surface area contributed by atoms with Crippen molar-refractivity contribution in [3.05, 3.63) is 60.3 Å². The Bertz CT molecular complexity index is 643. The summed E-state index contributed by atoms with van der Waals surface area (Å²) in [6.07, 6.45) is -4.49. The second-order valence-corrected chi connectivity index (χ2v) is 4.31. The molecule has 0 aliphatic rings. The van der Waals surface area contributed by atoms with Gasteiger partial charge < -0.3 is 15.7 Å². The van der Waals surface area contributed by atoms with Crippen LogP contribution in [0.15, 0.2) is 49.0 Å². The summed E-state index contributed by atoms with van der Waals surface area (Å²) in [5.74, 6) is 0.107. The number of nitrogens with one attached hydrogen (secondary N) is 2. The van der Waals surface area contributed by atoms with Crippen LogP contribution in [0, 0.1) is 0 Å². The van der Waals surface area contributed by atoms with Gasteiger partial charge in [-0.25, -0.2) is 4.98 Å². The van der Waals surface area contributed by atoms with E-state index in [1.807, 2.05) is 6.07 Å². The standard InChI is InChI=1S/C15H14F3N3.CH4O/c1-10(19-2)12-8-9-13(15(16,17)18)21-14(12)20-11-6-4-3-5-7-11;1-2/h3-9,19H,1H2,2H3,(H,20,21);2H,1H3. The zero-order chi connectivity index (χ0) is 17.5. The highest BCUT2D eigenvalue weighted by molar-refractivity contribution is 5.74. The summed E-state index contributed by atoms with van der Waals surface area (Å²) < 4.78 is 38.4. The Balaban J connectivity index is 0.00000127. The molecule has 0 aliphatic carbocycles. The molecule has 0 bridgehead atoms. The molecule has 2 rings (SSSR count). The smallest absolute Gasteiger partial charge is 0.400 e. The van der Waals surface area contributed by atoms with Gasteiger partial charge in [0.25, 0.3) is 0 Å². The van der Waals surface area contributed by atoms with Crippen LogP contribution >= 0.6 is 0 Å². The molecule has 2 aromatic rings. The molecule has 23 heavy (non-hydrogen) atoms. The van der Waals surface area contributed by atoms with E-state index in [1.54, 1.807) is 31.3 Å². The van der Waals surface area contributed by atoms with E-state index in [0.29, 0.717) is 16.9 Å². The molecule has 0 amide bonds. The molecule has 3 N–H and O–H groups in total. The van der Waals surface area contributed by atoms with Crippen LogP contribution < -0.4 is 10.6 Å². The van der Waals surface area contributed by atoms with Crippen LogP contribution in [0.2, 0.25) is 0 Å². The van der Waals surface area contributed by atoms with Crippen molar-refractivity contribution in [1.82, 2.24) is 10.3 Å². The van der Waals surface area contributed by atoms with Crippen molar-refractivity contribution in [2.24, 2.45) is 0 Å². The molecule has 7 heteroatoms. The van der Waals surface area contributed by atoms with Crippen molar-refractivity contribution in [1.29, 1.82) is 0 Å². The molecule has 0 saturated carbocycles. The lowest BCUT2D eigenvalue weighted by Crippen LogP contribution is -2.12. The van der Waals surface area contributed by atoms with Crippen molar-refractivity contribution in [3.8, 4) is 0 Å². The van der Waals surface area contributed by atoms with Gasteiger partial charge >= 0.3 is 6.18 Å². The van der Waals surface area contributed by atoms with E-state index in [2.05, 4.69) is 22.2 Å². The quantitative estimate of drug-likeness (QED) is 0.803. The number of hydrogen-bond donors (Lipinski definition) is 3. The normalized spacial score (nSPS) is 10.3. The number of aliphatic hydroxyl groups is 1. The Labute approximate surface area is 132 Å². The third-order valence-electron chi connectivity index (χ3n) is 2.85. The third-order valence-corrected chi connectivity index (χ3v) is 2.85. The minimum Gasteiger partial charge on any atom is -0.400 e. The number of benzene rings is 1. The molecular formula is C16H18F3N3O. The first-order chi connectivity index (χ1) is 10.9. The van der Waals surface area contributed by atoms with E-state index >= 15 is 0 Å². The van der Waals surface area contributed by atoms with Gasteiger partial charge in [0.15, 0.2) is 0 Å². The Kier molecular flexibility index (Phi) is 6.59. The zero-order valence-corrected chi connectivity index (χ0v) is 12.8. The van der Waals surface area contributed by atoms with Crippen LogP contribution in [0.1, 0.15) is 11.3 Å². The van der Waals surface area contributed by atoms with E-state index in [1.165, 1.54) is 6.07 Å². The Morgan fingerprint density at radius 2 is 1.70 bits per heavy atom. The molecule has 0 spiro atoms. The molecule has 0 radical (unpaired) electrons. The number of nitrogens with zero attached hydrogens (tertiary/aromatic N) is 1. The molecule has 1 aromatic carbocycles. The zero-order valence-electron chi connectivity index (χ0n) is 12.8. The molecule has 0 aliphatic heterocycles. The molecule has 0 unspecified atom stereocenters. The van der Waals surface area contributed by atoms with Gasteiger partial charge in [-0.3, -0.25) is 0 Å². The van der Waals surface area contributed by atoms with Crippen LogP contribution in [0.5, 0.6) is 0 Å². The van der Waals surface area contributed by atoms with Crippen molar-refractivity contribution >= 4 is 17.2 Å². The van der Waals surface area contributed by atoms with Gasteiger partial charge in [-0.15, -0.1) is 0 Å². The average molecular weight is 325 g/mol. The highest BCUT2D eigenvalue weighted by atomic mass is 19.4. The molecular weight excluding hydrogens is 307 g/mol. The minimum atomic E-state index is -4.49. The second-order valence-electron chi connectivity index (χ2n) is 4.31. The van der Waals surface area contributed by atoms with Crippen molar-refractivity contribution in [2.45, 2.75) is 6.18 Å². The number of halogens is 3. The molecule has 0 saturated heterocycles. The van der Waals surface area contributed by atoms with Crippen molar-refractivity contribution < 1.29 is 18.3 Å². The lowest BCUT2D eigenvalue weighted by atomic mass is 10.1. The average Bonchev–Trinajstić information content (AvgIpc) is 2.56. The molecule has 0 fully saturated rings. The molecule has 124 valence electrons. The molecule has 1 heterocycles. The highest BCUT2D eigenvalue weighted by Crippen LogP contribution is 2.31. The summed E-state index contributed by atoms with van der Waals surface area (Å²) in [7, 11) is 2.65. The van der Waals surface area contributed by atoms with Crippen LogP contribution in [0.3, 0.4) is 0 Å². The molecule has 1 aromatic heterocycles. The second kappa shape index (κ2) is 8.19. The van der Waals surface area contributed by atoms with Gasteiger partial charge in [0, 0.05) is 31.1 Å². The maximum atomic E-state index is 12.8. The van der Waals surface area contributed by atoms with Crippen LogP contribution in [0.25, 0.3) is 5.70 Å². The first-order valence-electron chi connectivity index (χ1n) is 6.64. The number of anilines is 2. The van der Waals surface area contributed by atoms with Gasteiger partial charge in [-0.2, -0.15) is 13.2 Å². The lowest BCUT2D eigenvalue weighted by molar-refractivity contribution is -0.141. The maximum absolute atomic E-state index is 12.8. The van der Waals surface area contributed by atoms with Gasteiger partial charge in [0.2, 0.25) is 0 Å². The fourth-order valence-electron chi connectivity index (χ4n) is 1.75. The number of hydrogen-bond acceptors (Lipinski definition) is 4. The summed E-state index contributed by atoms with van der Waals surface area (Å²) in [6.45, 7) is 3.77. The molecule has 4 nitrogen and oxygen atoms in total. The largest absolute Gasteiger partial charge is 0.433 e. The van der Waals surface area contributed by atoms with E-state index in [0.717, 1.165) is 13.2 Å². The van der Waals surface area contributed by atoms with Gasteiger partial charge in [-0.1, -0.05) is 24.8 Å². The number of rotatable bonds is 4. The third kappa shape index (κ3) is 5.00. The SMILES string of the molecule is C=C(NC)c1ccc(C(F)(F)F)nc1Nc1ccccc1.CO. The topological polar surface area (TPSA) is 57.2 Å². The number of aliphatic hydroxyl groups excluding tert-OH is 1. The summed E-state index contributed by atoms with van der Waals surface area (Å²) in [5, 5.41) is 12.7.